The van der Waals surface area contributed by atoms with Crippen LogP contribution in [0.4, 0.5) is 5.82 Å². The van der Waals surface area contributed by atoms with Gasteiger partial charge in [-0.3, -0.25) is 9.36 Å². The molecule has 0 aliphatic heterocycles. The molecule has 3 aromatic heterocycles. The molecule has 11 heteroatoms. The molecule has 0 fully saturated rings. The highest BCUT2D eigenvalue weighted by atomic mass is 35.5. The van der Waals surface area contributed by atoms with Gasteiger partial charge in [0.25, 0.3) is 5.56 Å². The van der Waals surface area contributed by atoms with E-state index < -0.39 is 0 Å². The molecular formula is C37H28ClN7O3. The van der Waals surface area contributed by atoms with Crippen LogP contribution in [0.3, 0.4) is 0 Å². The first-order valence-corrected chi connectivity index (χ1v) is 15.5. The average molecular weight is 654 g/mol. The van der Waals surface area contributed by atoms with E-state index in [9.17, 15) is 9.90 Å². The average Bonchev–Trinajstić information content (AvgIpc) is 3.47. The summed E-state index contributed by atoms with van der Waals surface area (Å²) >= 11 is 6.57. The Morgan fingerprint density at radius 2 is 1.67 bits per heavy atom. The minimum absolute atomic E-state index is 0.0872. The number of hydrogen-bond donors (Lipinski definition) is 2. The topological polar surface area (TPSA) is 134 Å². The van der Waals surface area contributed by atoms with E-state index in [1.165, 1.54) is 6.33 Å². The monoisotopic (exact) mass is 653 g/mol. The fourth-order valence-electron chi connectivity index (χ4n) is 5.52. The van der Waals surface area contributed by atoms with Gasteiger partial charge in [-0.05, 0) is 53.6 Å². The molecule has 48 heavy (non-hydrogen) atoms. The number of phenols is 1. The molecular weight excluding hydrogens is 626 g/mol. The Morgan fingerprint density at radius 1 is 0.875 bits per heavy atom. The minimum atomic E-state index is -0.269. The van der Waals surface area contributed by atoms with Crippen LogP contribution in [0.2, 0.25) is 5.02 Å². The number of anilines is 1. The maximum atomic E-state index is 14.4. The highest BCUT2D eigenvalue weighted by molar-refractivity contribution is 6.31. The van der Waals surface area contributed by atoms with Crippen LogP contribution in [-0.4, -0.2) is 41.0 Å². The van der Waals surface area contributed by atoms with E-state index >= 15 is 0 Å². The molecule has 0 bridgehead atoms. The summed E-state index contributed by atoms with van der Waals surface area (Å²) < 4.78 is 8.99. The van der Waals surface area contributed by atoms with Gasteiger partial charge in [0.15, 0.2) is 5.65 Å². The maximum Gasteiger partial charge on any atom is 0.263 e. The van der Waals surface area contributed by atoms with Gasteiger partial charge in [0, 0.05) is 16.1 Å². The molecule has 0 aliphatic rings. The third-order valence-electron chi connectivity index (χ3n) is 7.85. The Labute approximate surface area is 280 Å². The third-order valence-corrected chi connectivity index (χ3v) is 8.22. The molecule has 7 rings (SSSR count). The molecule has 7 aromatic rings. The number of fused-ring (bicyclic) bond motifs is 2. The zero-order valence-electron chi connectivity index (χ0n) is 25.5. The lowest BCUT2D eigenvalue weighted by Gasteiger charge is -2.15. The fraction of sp³-hybridized carbons (Fsp3) is 0.108. The first-order valence-electron chi connectivity index (χ1n) is 15.1. The van der Waals surface area contributed by atoms with Gasteiger partial charge in [0.2, 0.25) is 0 Å². The number of hydrogen-bond acceptors (Lipinski definition) is 8. The SMILES string of the molecule is Nc1ncnc2c1c(-c1ccc(O)cc1)nn2Cc1nc2cccc(C#CCOCc3ccccc3)c2c(=O)n1Cc1ccccc1Cl. The standard InChI is InChI=1S/C37H28ClN7O3/c38-29-13-5-4-10-27(29)20-44-31(21-45-36-33(35(39)40-23-41-36)34(43-45)26-15-17-28(46)18-16-26)42-30-14-6-11-25(32(30)37(44)47)12-7-19-48-22-24-8-2-1-3-9-24/h1-6,8-11,13-18,23,46H,19-22H2,(H2,39,40,41). The molecule has 0 atom stereocenters. The molecule has 236 valence electrons. The van der Waals surface area contributed by atoms with Crippen molar-refractivity contribution in [2.24, 2.45) is 0 Å². The summed E-state index contributed by atoms with van der Waals surface area (Å²) in [4.78, 5) is 28.1. The van der Waals surface area contributed by atoms with E-state index in [4.69, 9.17) is 32.2 Å². The van der Waals surface area contributed by atoms with Gasteiger partial charge in [0.05, 0.1) is 29.4 Å². The smallest absolute Gasteiger partial charge is 0.263 e. The number of aromatic hydroxyl groups is 1. The molecule has 10 nitrogen and oxygen atoms in total. The van der Waals surface area contributed by atoms with Gasteiger partial charge in [-0.1, -0.05) is 78.0 Å². The molecule has 3 N–H and O–H groups in total. The molecule has 0 unspecified atom stereocenters. The molecule has 0 saturated carbocycles. The Bertz CT molecular complexity index is 2400. The van der Waals surface area contributed by atoms with Crippen LogP contribution in [0.1, 0.15) is 22.5 Å². The first kappa shape index (κ1) is 30.6. The summed E-state index contributed by atoms with van der Waals surface area (Å²) in [6.07, 6.45) is 1.37. The normalized spacial score (nSPS) is 11.1. The lowest BCUT2D eigenvalue weighted by atomic mass is 10.1. The third kappa shape index (κ3) is 6.20. The first-order chi connectivity index (χ1) is 23.5. The quantitative estimate of drug-likeness (QED) is 0.155. The van der Waals surface area contributed by atoms with Crippen molar-refractivity contribution in [1.29, 1.82) is 0 Å². The predicted octanol–water partition coefficient (Wildman–Crippen LogP) is 5.81. The van der Waals surface area contributed by atoms with Gasteiger partial charge in [-0.15, -0.1) is 0 Å². The van der Waals surface area contributed by atoms with Crippen LogP contribution in [-0.2, 0) is 24.4 Å². The predicted molar refractivity (Wildman–Crippen MR) is 185 cm³/mol. The number of aromatic nitrogens is 6. The Morgan fingerprint density at radius 3 is 2.48 bits per heavy atom. The van der Waals surface area contributed by atoms with Crippen molar-refractivity contribution < 1.29 is 9.84 Å². The van der Waals surface area contributed by atoms with Crippen LogP contribution >= 0.6 is 11.6 Å². The molecule has 0 aliphatic carbocycles. The van der Waals surface area contributed by atoms with Crippen LogP contribution < -0.4 is 11.3 Å². The second-order valence-corrected chi connectivity index (χ2v) is 11.4. The number of halogens is 1. The van der Waals surface area contributed by atoms with Crippen molar-refractivity contribution in [3.8, 4) is 28.8 Å². The van der Waals surface area contributed by atoms with Crippen molar-refractivity contribution in [2.45, 2.75) is 19.7 Å². The highest BCUT2D eigenvalue weighted by Crippen LogP contribution is 2.31. The maximum absolute atomic E-state index is 14.4. The Hall–Kier alpha value is -6.02. The molecule has 4 aromatic carbocycles. The Balaban J connectivity index is 1.31. The van der Waals surface area contributed by atoms with Gasteiger partial charge >= 0.3 is 0 Å². The van der Waals surface area contributed by atoms with E-state index in [0.717, 1.165) is 11.1 Å². The van der Waals surface area contributed by atoms with Gasteiger partial charge in [0.1, 0.15) is 42.6 Å². The zero-order chi connectivity index (χ0) is 33.0. The van der Waals surface area contributed by atoms with Crippen LogP contribution in [0.15, 0.2) is 108 Å². The van der Waals surface area contributed by atoms with E-state index in [1.807, 2.05) is 54.6 Å². The summed E-state index contributed by atoms with van der Waals surface area (Å²) in [6.45, 7) is 0.892. The van der Waals surface area contributed by atoms with Crippen LogP contribution in [0.25, 0.3) is 33.2 Å². The lowest BCUT2D eigenvalue weighted by molar-refractivity contribution is 0.153. The molecule has 0 spiro atoms. The van der Waals surface area contributed by atoms with E-state index in [-0.39, 0.29) is 36.8 Å². The summed E-state index contributed by atoms with van der Waals surface area (Å²) in [7, 11) is 0. The van der Waals surface area contributed by atoms with Crippen LogP contribution in [0.5, 0.6) is 5.75 Å². The second kappa shape index (κ2) is 13.4. The molecule has 0 radical (unpaired) electrons. The van der Waals surface area contributed by atoms with E-state index in [2.05, 4.69) is 21.8 Å². The van der Waals surface area contributed by atoms with Gasteiger partial charge in [-0.25, -0.2) is 19.6 Å². The number of nitrogens with zero attached hydrogens (tertiary/aromatic N) is 6. The number of nitrogen functional groups attached to an aromatic ring is 1. The molecule has 0 saturated heterocycles. The number of ether oxygens (including phenoxy) is 1. The number of phenolic OH excluding ortho intramolecular Hbond substituents is 1. The van der Waals surface area contributed by atoms with Crippen molar-refractivity contribution in [3.05, 3.63) is 141 Å². The second-order valence-electron chi connectivity index (χ2n) is 11.0. The summed E-state index contributed by atoms with van der Waals surface area (Å²) in [5.41, 5.74) is 10.6. The van der Waals surface area contributed by atoms with Gasteiger partial charge in [-0.2, -0.15) is 5.10 Å². The molecule has 3 heterocycles. The lowest BCUT2D eigenvalue weighted by Crippen LogP contribution is -2.28. The largest absolute Gasteiger partial charge is 0.508 e. The number of rotatable bonds is 8. The number of nitrogens with two attached hydrogens (primary N) is 1. The fourth-order valence-corrected chi connectivity index (χ4v) is 5.71. The summed E-state index contributed by atoms with van der Waals surface area (Å²) in [6, 6.07) is 29.3. The van der Waals surface area contributed by atoms with Crippen molar-refractivity contribution in [2.75, 3.05) is 12.3 Å². The van der Waals surface area contributed by atoms with E-state index in [0.29, 0.717) is 56.2 Å². The van der Waals surface area contributed by atoms with Crippen molar-refractivity contribution in [1.82, 2.24) is 29.3 Å². The minimum Gasteiger partial charge on any atom is -0.508 e. The highest BCUT2D eigenvalue weighted by Gasteiger charge is 2.21. The zero-order valence-corrected chi connectivity index (χ0v) is 26.3. The summed E-state index contributed by atoms with van der Waals surface area (Å²) in [5, 5.41) is 16.2. The van der Waals surface area contributed by atoms with E-state index in [1.54, 1.807) is 51.7 Å². The van der Waals surface area contributed by atoms with Crippen molar-refractivity contribution in [3.63, 3.8) is 0 Å². The van der Waals surface area contributed by atoms with Gasteiger partial charge < -0.3 is 15.6 Å². The molecule has 0 amide bonds. The Kier molecular flexibility index (Phi) is 8.53. The number of benzene rings is 4. The van der Waals surface area contributed by atoms with Crippen LogP contribution in [0, 0.1) is 11.8 Å². The van der Waals surface area contributed by atoms with Crippen molar-refractivity contribution >= 4 is 39.4 Å². The summed E-state index contributed by atoms with van der Waals surface area (Å²) in [5.74, 6) is 6.98.